The van der Waals surface area contributed by atoms with Crippen LogP contribution in [-0.4, -0.2) is 41.5 Å². The number of benzene rings is 2. The van der Waals surface area contributed by atoms with Gasteiger partial charge in [0.15, 0.2) is 0 Å². The predicted molar refractivity (Wildman–Crippen MR) is 135 cm³/mol. The van der Waals surface area contributed by atoms with Gasteiger partial charge in [0.05, 0.1) is 5.56 Å². The molecular weight excluding hydrogens is 412 g/mol. The fourth-order valence-electron chi connectivity index (χ4n) is 4.50. The van der Waals surface area contributed by atoms with Gasteiger partial charge in [-0.05, 0) is 79.2 Å². The minimum absolute atomic E-state index is 0.0839. The zero-order valence-corrected chi connectivity index (χ0v) is 20.3. The summed E-state index contributed by atoms with van der Waals surface area (Å²) >= 11 is 0. The van der Waals surface area contributed by atoms with Crippen molar-refractivity contribution in [2.75, 3.05) is 24.5 Å². The number of hydrogen-bond donors (Lipinski definition) is 1. The Bertz CT molecular complexity index is 937. The van der Waals surface area contributed by atoms with E-state index in [0.29, 0.717) is 5.92 Å². The smallest absolute Gasteiger partial charge is 0.335 e. The fraction of sp³-hybridized carbons (Fsp3) is 0.500. The molecule has 1 amide bonds. The van der Waals surface area contributed by atoms with Gasteiger partial charge >= 0.3 is 5.97 Å². The maximum Gasteiger partial charge on any atom is 0.335 e. The Labute approximate surface area is 198 Å². The Morgan fingerprint density at radius 3 is 2.18 bits per heavy atom. The molecule has 2 aromatic carbocycles. The maximum absolute atomic E-state index is 12.6. The highest BCUT2D eigenvalue weighted by Gasteiger charge is 2.19. The van der Waals surface area contributed by atoms with Gasteiger partial charge in [0.25, 0.3) is 0 Å². The van der Waals surface area contributed by atoms with E-state index in [1.54, 1.807) is 19.1 Å². The second kappa shape index (κ2) is 12.0. The first-order chi connectivity index (χ1) is 15.8. The van der Waals surface area contributed by atoms with Crippen molar-refractivity contribution in [2.24, 2.45) is 5.92 Å². The third-order valence-corrected chi connectivity index (χ3v) is 6.49. The lowest BCUT2D eigenvalue weighted by Gasteiger charge is -2.29. The van der Waals surface area contributed by atoms with E-state index in [0.717, 1.165) is 67.8 Å². The average Bonchev–Trinajstić information content (AvgIpc) is 2.78. The Kier molecular flexibility index (Phi) is 9.07. The van der Waals surface area contributed by atoms with Crippen LogP contribution in [-0.2, 0) is 11.3 Å². The Morgan fingerprint density at radius 2 is 1.55 bits per heavy atom. The highest BCUT2D eigenvalue weighted by atomic mass is 16.4. The molecule has 0 atom stereocenters. The average molecular weight is 451 g/mol. The number of nitrogens with zero attached hydrogens (tertiary/aromatic N) is 2. The molecule has 1 aliphatic rings. The number of carbonyl (C=O) groups excluding carboxylic acids is 1. The lowest BCUT2D eigenvalue weighted by Crippen LogP contribution is -2.33. The van der Waals surface area contributed by atoms with Crippen LogP contribution in [0.15, 0.2) is 42.5 Å². The number of carboxylic acid groups (broad SMARTS) is 1. The quantitative estimate of drug-likeness (QED) is 0.588. The second-order valence-corrected chi connectivity index (χ2v) is 9.62. The van der Waals surface area contributed by atoms with Crippen LogP contribution >= 0.6 is 0 Å². The lowest BCUT2D eigenvalue weighted by molar-refractivity contribution is -0.116. The molecule has 0 unspecified atom stereocenters. The third-order valence-electron chi connectivity index (χ3n) is 6.49. The molecule has 0 spiro atoms. The first-order valence-electron chi connectivity index (χ1n) is 12.3. The van der Waals surface area contributed by atoms with Crippen LogP contribution in [0.5, 0.6) is 0 Å². The van der Waals surface area contributed by atoms with E-state index in [2.05, 4.69) is 36.9 Å². The van der Waals surface area contributed by atoms with Crippen molar-refractivity contribution >= 4 is 17.6 Å². The van der Waals surface area contributed by atoms with Crippen molar-refractivity contribution in [3.05, 3.63) is 53.6 Å². The summed E-state index contributed by atoms with van der Waals surface area (Å²) in [5.41, 5.74) is 4.48. The van der Waals surface area contributed by atoms with E-state index in [1.165, 1.54) is 19.3 Å². The van der Waals surface area contributed by atoms with E-state index in [4.69, 9.17) is 0 Å². The first-order valence-corrected chi connectivity index (χ1v) is 12.3. The van der Waals surface area contributed by atoms with Crippen molar-refractivity contribution in [3.8, 4) is 11.1 Å². The molecule has 0 fully saturated rings. The van der Waals surface area contributed by atoms with Crippen molar-refractivity contribution in [1.29, 1.82) is 0 Å². The summed E-state index contributed by atoms with van der Waals surface area (Å²) in [7, 11) is 0. The summed E-state index contributed by atoms with van der Waals surface area (Å²) in [6.45, 7) is 9.87. The lowest BCUT2D eigenvalue weighted by atomic mass is 9.99. The van der Waals surface area contributed by atoms with Crippen LogP contribution in [0, 0.1) is 5.92 Å². The summed E-state index contributed by atoms with van der Waals surface area (Å²) in [6, 6.07) is 13.3. The summed E-state index contributed by atoms with van der Waals surface area (Å²) in [5, 5.41) is 9.21. The highest BCUT2D eigenvalue weighted by Crippen LogP contribution is 2.30. The van der Waals surface area contributed by atoms with Gasteiger partial charge in [0, 0.05) is 25.7 Å². The molecule has 0 aliphatic carbocycles. The molecule has 0 saturated carbocycles. The summed E-state index contributed by atoms with van der Waals surface area (Å²) < 4.78 is 0. The number of aromatic carboxylic acids is 1. The topological polar surface area (TPSA) is 60.9 Å². The summed E-state index contributed by atoms with van der Waals surface area (Å²) in [6.07, 6.45) is 7.00. The summed E-state index contributed by atoms with van der Waals surface area (Å²) in [5.74, 6) is -0.184. The zero-order valence-electron chi connectivity index (χ0n) is 20.3. The molecule has 1 heterocycles. The van der Waals surface area contributed by atoms with Gasteiger partial charge in [-0.2, -0.15) is 0 Å². The Morgan fingerprint density at radius 1 is 0.909 bits per heavy atom. The molecule has 3 rings (SSSR count). The number of hydrogen-bond acceptors (Lipinski definition) is 3. The maximum atomic E-state index is 12.6. The molecule has 1 N–H and O–H groups in total. The van der Waals surface area contributed by atoms with E-state index in [9.17, 15) is 14.7 Å². The monoisotopic (exact) mass is 450 g/mol. The van der Waals surface area contributed by atoms with Crippen molar-refractivity contribution in [2.45, 2.75) is 65.8 Å². The number of amides is 1. The minimum Gasteiger partial charge on any atom is -0.478 e. The van der Waals surface area contributed by atoms with Crippen LogP contribution in [0.4, 0.5) is 5.69 Å². The molecule has 5 heteroatoms. The molecule has 0 aromatic heterocycles. The van der Waals surface area contributed by atoms with E-state index in [-0.39, 0.29) is 11.5 Å². The largest absolute Gasteiger partial charge is 0.478 e. The van der Waals surface area contributed by atoms with Gasteiger partial charge in [-0.25, -0.2) is 4.79 Å². The first kappa shape index (κ1) is 25.0. The van der Waals surface area contributed by atoms with Crippen LogP contribution < -0.4 is 4.90 Å². The molecule has 178 valence electrons. The molecule has 0 radical (unpaired) electrons. The molecule has 5 nitrogen and oxygen atoms in total. The number of fused-ring (bicyclic) bond motifs is 1. The van der Waals surface area contributed by atoms with Gasteiger partial charge < -0.3 is 10.0 Å². The zero-order chi connectivity index (χ0) is 23.8. The van der Waals surface area contributed by atoms with Crippen LogP contribution in [0.25, 0.3) is 11.1 Å². The van der Waals surface area contributed by atoms with E-state index in [1.807, 2.05) is 17.0 Å². The highest BCUT2D eigenvalue weighted by molar-refractivity contribution is 5.93. The molecule has 2 aromatic rings. The molecular formula is C28H38N2O3. The molecule has 0 saturated heterocycles. The van der Waals surface area contributed by atoms with Crippen LogP contribution in [0.2, 0.25) is 0 Å². The van der Waals surface area contributed by atoms with Crippen molar-refractivity contribution < 1.29 is 14.7 Å². The SMILES string of the molecule is CC(=O)N1CCCCCCCN(CCC(C)C)Cc2cc(-c3ccc(C(=O)O)cc3)ccc21. The third kappa shape index (κ3) is 7.16. The fourth-order valence-corrected chi connectivity index (χ4v) is 4.50. The minimum atomic E-state index is -0.920. The molecule has 0 bridgehead atoms. The normalized spacial score (nSPS) is 16.1. The van der Waals surface area contributed by atoms with Gasteiger partial charge in [-0.15, -0.1) is 0 Å². The Balaban J connectivity index is 1.99. The van der Waals surface area contributed by atoms with Gasteiger partial charge in [0.2, 0.25) is 5.91 Å². The van der Waals surface area contributed by atoms with Gasteiger partial charge in [-0.1, -0.05) is 51.3 Å². The molecule has 33 heavy (non-hydrogen) atoms. The number of anilines is 1. The van der Waals surface area contributed by atoms with Gasteiger partial charge in [-0.3, -0.25) is 9.69 Å². The van der Waals surface area contributed by atoms with Gasteiger partial charge in [0.1, 0.15) is 0 Å². The van der Waals surface area contributed by atoms with Crippen molar-refractivity contribution in [1.82, 2.24) is 4.90 Å². The van der Waals surface area contributed by atoms with E-state index < -0.39 is 5.97 Å². The standard InChI is InChI=1S/C28H38N2O3/c1-21(2)15-18-29-16-7-5-4-6-8-17-30(22(3)31)27-14-13-25(19-26(27)20-29)23-9-11-24(12-10-23)28(32)33/h9-14,19,21H,4-8,15-18,20H2,1-3H3,(H,32,33). The van der Waals surface area contributed by atoms with Crippen molar-refractivity contribution in [3.63, 3.8) is 0 Å². The molecule has 1 aliphatic heterocycles. The Hall–Kier alpha value is -2.66. The van der Waals surface area contributed by atoms with Crippen LogP contribution in [0.3, 0.4) is 0 Å². The number of carboxylic acids is 1. The predicted octanol–water partition coefficient (Wildman–Crippen LogP) is 6.22. The van der Waals surface area contributed by atoms with E-state index >= 15 is 0 Å². The second-order valence-electron chi connectivity index (χ2n) is 9.62. The number of rotatable bonds is 5. The summed E-state index contributed by atoms with van der Waals surface area (Å²) in [4.78, 5) is 28.3. The number of carbonyl (C=O) groups is 2. The van der Waals surface area contributed by atoms with Crippen LogP contribution in [0.1, 0.15) is 75.2 Å².